The van der Waals surface area contributed by atoms with Gasteiger partial charge in [-0.25, -0.2) is 9.98 Å². The fourth-order valence-corrected chi connectivity index (χ4v) is 8.81. The summed E-state index contributed by atoms with van der Waals surface area (Å²) in [6.45, 7) is 12.4. The molecule has 1 amide bonds. The average molecular weight is 695 g/mol. The molecule has 3 heterocycles. The second kappa shape index (κ2) is 12.8. The molecule has 0 unspecified atom stereocenters. The first-order valence-corrected chi connectivity index (χ1v) is 17.9. The van der Waals surface area contributed by atoms with Crippen LogP contribution in [0, 0.1) is 23.2 Å². The number of hydrogen-bond donors (Lipinski definition) is 2. The third kappa shape index (κ3) is 6.16. The highest BCUT2D eigenvalue weighted by Gasteiger charge is 2.56. The van der Waals surface area contributed by atoms with E-state index in [-0.39, 0.29) is 23.6 Å². The zero-order valence-corrected chi connectivity index (χ0v) is 29.6. The minimum Gasteiger partial charge on any atom is -0.389 e. The van der Waals surface area contributed by atoms with Crippen molar-refractivity contribution < 1.29 is 9.90 Å². The van der Waals surface area contributed by atoms with Crippen molar-refractivity contribution in [2.75, 3.05) is 49.5 Å². The second-order valence-corrected chi connectivity index (χ2v) is 15.6. The third-order valence-electron chi connectivity index (χ3n) is 11.6. The monoisotopic (exact) mass is 693 g/mol. The largest absolute Gasteiger partial charge is 0.389 e. The second-order valence-electron chi connectivity index (χ2n) is 14.7. The van der Waals surface area contributed by atoms with Crippen LogP contribution in [0.25, 0.3) is 10.9 Å². The van der Waals surface area contributed by atoms with E-state index in [1.807, 2.05) is 29.2 Å². The van der Waals surface area contributed by atoms with Gasteiger partial charge in [0, 0.05) is 68.5 Å². The molecule has 256 valence electrons. The molecule has 0 spiro atoms. The first-order chi connectivity index (χ1) is 22.9. The van der Waals surface area contributed by atoms with Crippen LogP contribution >= 0.6 is 23.2 Å². The molecule has 2 aromatic carbocycles. The smallest absolute Gasteiger partial charge is 0.262 e. The molecular formula is C36H45Cl2N7O3. The Kier molecular flexibility index (Phi) is 8.87. The lowest BCUT2D eigenvalue weighted by Gasteiger charge is -2.61. The number of fused-ring (bicyclic) bond motifs is 3. The summed E-state index contributed by atoms with van der Waals surface area (Å²) in [6, 6.07) is 11.3. The van der Waals surface area contributed by atoms with Crippen LogP contribution in [-0.2, 0) is 17.8 Å². The zero-order chi connectivity index (χ0) is 33.9. The summed E-state index contributed by atoms with van der Waals surface area (Å²) in [5, 5.41) is 15.3. The number of hydrogen-bond acceptors (Lipinski definition) is 6. The van der Waals surface area contributed by atoms with Crippen LogP contribution in [0.5, 0.6) is 0 Å². The summed E-state index contributed by atoms with van der Waals surface area (Å²) in [5.74, 6) is 3.24. The number of amides is 1. The normalized spacial score (nSPS) is 25.6. The maximum absolute atomic E-state index is 14.1. The minimum absolute atomic E-state index is 0.0437. The van der Waals surface area contributed by atoms with Crippen molar-refractivity contribution in [2.45, 2.75) is 65.6 Å². The summed E-state index contributed by atoms with van der Waals surface area (Å²) < 4.78 is 1.73. The molecule has 12 heteroatoms. The van der Waals surface area contributed by atoms with E-state index in [9.17, 15) is 14.7 Å². The number of benzene rings is 2. The molecule has 2 bridgehead atoms. The molecule has 1 aromatic heterocycles. The van der Waals surface area contributed by atoms with E-state index in [0.29, 0.717) is 102 Å². The lowest BCUT2D eigenvalue weighted by Crippen LogP contribution is -2.58. The summed E-state index contributed by atoms with van der Waals surface area (Å²) >= 11 is 12.6. The van der Waals surface area contributed by atoms with Gasteiger partial charge in [-0.15, -0.1) is 0 Å². The molecule has 8 rings (SSSR count). The topological polar surface area (TPSA) is 106 Å². The van der Waals surface area contributed by atoms with Gasteiger partial charge in [-0.1, -0.05) is 50.0 Å². The van der Waals surface area contributed by atoms with Crippen molar-refractivity contribution in [1.29, 1.82) is 0 Å². The van der Waals surface area contributed by atoms with Crippen LogP contribution in [0.2, 0.25) is 10.0 Å². The number of rotatable bonds is 6. The van der Waals surface area contributed by atoms with Crippen LogP contribution in [0.15, 0.2) is 46.2 Å². The Morgan fingerprint density at radius 2 is 1.81 bits per heavy atom. The molecule has 0 radical (unpaired) electrons. The standard InChI is InChI=1S/C36H45Cl2N7O3/c1-21-29-15-24(36(29,3)4)16-31(21)40-34(44-19-27(47)20-44)39-26-7-8-28-32(18-26)41-35(43-13-11-42(12-14-43)22(2)46)45(33(28)48)10-9-23-5-6-25(37)17-30(23)38/h5-8,17-18,21,24,27,29,31,47H,9-16,19-20H2,1-4H3,(H,39,40)/t21-,24-,29+,31-/m0/s1. The van der Waals surface area contributed by atoms with E-state index in [2.05, 4.69) is 35.9 Å². The van der Waals surface area contributed by atoms with Crippen molar-refractivity contribution in [3.05, 3.63) is 62.4 Å². The van der Waals surface area contributed by atoms with Crippen molar-refractivity contribution >= 4 is 57.6 Å². The lowest BCUT2D eigenvalue weighted by molar-refractivity contribution is -0.129. The predicted octanol–water partition coefficient (Wildman–Crippen LogP) is 5.13. The van der Waals surface area contributed by atoms with E-state index in [4.69, 9.17) is 33.2 Å². The highest BCUT2D eigenvalue weighted by atomic mass is 35.5. The molecule has 3 saturated carbocycles. The number of halogens is 2. The molecule has 48 heavy (non-hydrogen) atoms. The first kappa shape index (κ1) is 33.2. The molecule has 2 saturated heterocycles. The highest BCUT2D eigenvalue weighted by Crippen LogP contribution is 2.61. The molecule has 10 nitrogen and oxygen atoms in total. The number of carbonyl (C=O) groups is 1. The number of nitrogens with zero attached hydrogens (tertiary/aromatic N) is 6. The predicted molar refractivity (Wildman–Crippen MR) is 192 cm³/mol. The Balaban J connectivity index is 1.20. The Morgan fingerprint density at radius 3 is 2.46 bits per heavy atom. The van der Waals surface area contributed by atoms with Crippen LogP contribution in [0.3, 0.4) is 0 Å². The van der Waals surface area contributed by atoms with Gasteiger partial charge in [0.15, 0.2) is 5.96 Å². The number of aryl methyl sites for hydroxylation is 1. The number of aliphatic hydroxyl groups is 1. The molecule has 5 aliphatic rings. The van der Waals surface area contributed by atoms with Crippen molar-refractivity contribution in [1.82, 2.24) is 19.4 Å². The van der Waals surface area contributed by atoms with Crippen LogP contribution in [0.4, 0.5) is 11.6 Å². The van der Waals surface area contributed by atoms with Crippen molar-refractivity contribution in [3.8, 4) is 0 Å². The summed E-state index contributed by atoms with van der Waals surface area (Å²) in [6.07, 6.45) is 2.53. The van der Waals surface area contributed by atoms with Gasteiger partial charge in [0.05, 0.1) is 23.0 Å². The summed E-state index contributed by atoms with van der Waals surface area (Å²) in [7, 11) is 0. The molecular weight excluding hydrogens is 649 g/mol. The Bertz CT molecular complexity index is 1810. The quantitative estimate of drug-likeness (QED) is 0.273. The Hall–Kier alpha value is -3.34. The molecule has 3 aromatic rings. The minimum atomic E-state index is -0.362. The van der Waals surface area contributed by atoms with Gasteiger partial charge in [0.2, 0.25) is 11.9 Å². The maximum atomic E-state index is 14.1. The molecule has 2 N–H and O–H groups in total. The van der Waals surface area contributed by atoms with E-state index in [0.717, 1.165) is 23.6 Å². The van der Waals surface area contributed by atoms with Crippen LogP contribution in [-0.4, -0.2) is 87.7 Å². The van der Waals surface area contributed by atoms with Crippen LogP contribution < -0.4 is 15.8 Å². The Labute approximate surface area is 291 Å². The average Bonchev–Trinajstić information content (AvgIpc) is 3.03. The van der Waals surface area contributed by atoms with E-state index in [1.165, 1.54) is 6.42 Å². The fraction of sp³-hybridized carbons (Fsp3) is 0.556. The number of aliphatic hydroxyl groups excluding tert-OH is 1. The van der Waals surface area contributed by atoms with Gasteiger partial charge in [0.1, 0.15) is 0 Å². The van der Waals surface area contributed by atoms with Crippen molar-refractivity contribution in [3.63, 3.8) is 0 Å². The van der Waals surface area contributed by atoms with Crippen molar-refractivity contribution in [2.24, 2.45) is 28.2 Å². The SMILES string of the molecule is CC(=O)N1CCN(c2nc3cc(N/C(=N/[C@H]4C[C@@H]5C[C@H]([C@@H]4C)C5(C)C)N4CC(O)C4)ccc3c(=O)n2CCc2ccc(Cl)cc2Cl)CC1. The number of piperazine rings is 1. The fourth-order valence-electron chi connectivity index (χ4n) is 8.31. The molecule has 5 fully saturated rings. The van der Waals surface area contributed by atoms with Gasteiger partial charge >= 0.3 is 0 Å². The number of guanidine groups is 1. The number of aliphatic imine (C=N–C) groups is 1. The first-order valence-electron chi connectivity index (χ1n) is 17.2. The Morgan fingerprint density at radius 1 is 1.06 bits per heavy atom. The number of nitrogens with one attached hydrogen (secondary N) is 1. The van der Waals surface area contributed by atoms with Gasteiger partial charge in [-0.2, -0.15) is 0 Å². The van der Waals surface area contributed by atoms with E-state index >= 15 is 0 Å². The number of anilines is 2. The van der Waals surface area contributed by atoms with Crippen LogP contribution in [0.1, 0.15) is 46.1 Å². The van der Waals surface area contributed by atoms with E-state index < -0.39 is 0 Å². The molecule has 3 aliphatic carbocycles. The lowest BCUT2D eigenvalue weighted by atomic mass is 9.45. The van der Waals surface area contributed by atoms with Gasteiger partial charge in [0.25, 0.3) is 5.56 Å². The van der Waals surface area contributed by atoms with Gasteiger partial charge < -0.3 is 25.1 Å². The van der Waals surface area contributed by atoms with E-state index in [1.54, 1.807) is 23.6 Å². The maximum Gasteiger partial charge on any atom is 0.262 e. The number of likely N-dealkylation sites (tertiary alicyclic amines) is 1. The zero-order valence-electron chi connectivity index (χ0n) is 28.1. The third-order valence-corrected chi connectivity index (χ3v) is 12.2. The number of aromatic nitrogens is 2. The number of carbonyl (C=O) groups excluding carboxylic acids is 1. The summed E-state index contributed by atoms with van der Waals surface area (Å²) in [5.41, 5.74) is 2.53. The molecule has 4 atom stereocenters. The van der Waals surface area contributed by atoms with Gasteiger partial charge in [-0.3, -0.25) is 14.2 Å². The highest BCUT2D eigenvalue weighted by molar-refractivity contribution is 6.35. The molecule has 2 aliphatic heterocycles. The van der Waals surface area contributed by atoms with Gasteiger partial charge in [-0.05, 0) is 78.3 Å². The number of β-amino-alcohol motifs (C(OH)–C–C–N with tert-alkyl or cyclic N) is 1. The summed E-state index contributed by atoms with van der Waals surface area (Å²) in [4.78, 5) is 42.6.